The van der Waals surface area contributed by atoms with Crippen molar-refractivity contribution in [3.05, 3.63) is 155 Å². The lowest BCUT2D eigenvalue weighted by molar-refractivity contribution is -0.161. The van der Waals surface area contributed by atoms with Crippen LogP contribution in [-0.2, 0) is 49.6 Å². The standard InChI is InChI=1S/C58H63NO10/c1-5-67-22-10-21-59-36-40-13-9-14-42(23-40)50-32-47(61)26-43-16-15-39(24-49(43)50)25-57(64)69-48-27-45(41-17-18-52(62)55(30-41)65-3)34-58(20-19-38-11-7-6-8-12-38)35-46-29-53(63)56(66-4)31-44(46)28-51(58)54(33-48)68-37(2)60/h6-9,11-20,23-24,26,29-32,45,48,51,54,59,61-63H,5,10,21-22,25,27-28,33-36H2,1-4H3. The number of allylic oxidation sites excluding steroid dienone is 1. The van der Waals surface area contributed by atoms with Crippen molar-refractivity contribution in [2.45, 2.75) is 83.5 Å². The minimum atomic E-state index is -0.665. The van der Waals surface area contributed by atoms with E-state index in [4.69, 9.17) is 23.7 Å². The van der Waals surface area contributed by atoms with Crippen molar-refractivity contribution in [2.24, 2.45) is 11.3 Å². The van der Waals surface area contributed by atoms with E-state index in [1.165, 1.54) is 21.1 Å². The van der Waals surface area contributed by atoms with Gasteiger partial charge in [-0.3, -0.25) is 9.59 Å². The van der Waals surface area contributed by atoms with Crippen molar-refractivity contribution >= 4 is 28.8 Å². The number of carbonyl (C=O) groups excluding carboxylic acids is 2. The molecule has 0 aliphatic heterocycles. The second kappa shape index (κ2) is 22.1. The highest BCUT2D eigenvalue weighted by atomic mass is 16.6. The predicted octanol–water partition coefficient (Wildman–Crippen LogP) is 10.6. The lowest BCUT2D eigenvalue weighted by atomic mass is 9.56. The molecule has 0 aromatic heterocycles. The van der Waals surface area contributed by atoms with Gasteiger partial charge < -0.3 is 44.3 Å². The quantitative estimate of drug-likeness (QED) is 0.0511. The Morgan fingerprint density at radius 2 is 1.61 bits per heavy atom. The van der Waals surface area contributed by atoms with E-state index in [9.17, 15) is 24.9 Å². The molecule has 5 unspecified atom stereocenters. The molecule has 1 fully saturated rings. The van der Waals surface area contributed by atoms with Gasteiger partial charge in [0.15, 0.2) is 23.0 Å². The molecule has 0 saturated heterocycles. The molecule has 0 amide bonds. The molecular weight excluding hydrogens is 871 g/mol. The Labute approximate surface area is 404 Å². The number of benzene rings is 6. The SMILES string of the molecule is CCOCCCNCc1cccc(-c2cc(O)cc3ccc(CC(=O)OC4CC(c5ccc(O)c(OC)c5)CC5(C=Cc6ccccc6)Cc6cc(O)c(OC)cc6CC5C(OC(C)=O)C4)cc23)c1. The molecule has 0 radical (unpaired) electrons. The van der Waals surface area contributed by atoms with Crippen LogP contribution in [0.25, 0.3) is 28.0 Å². The molecule has 0 heterocycles. The number of aromatic hydroxyl groups is 3. The molecule has 11 nitrogen and oxygen atoms in total. The number of esters is 2. The Hall–Kier alpha value is -6.82. The molecule has 69 heavy (non-hydrogen) atoms. The average molecular weight is 934 g/mol. The first-order chi connectivity index (χ1) is 33.4. The summed E-state index contributed by atoms with van der Waals surface area (Å²) in [6.45, 7) is 6.35. The van der Waals surface area contributed by atoms with Crippen molar-refractivity contribution in [1.82, 2.24) is 5.32 Å². The summed E-state index contributed by atoms with van der Waals surface area (Å²) >= 11 is 0. The monoisotopic (exact) mass is 933 g/mol. The highest BCUT2D eigenvalue weighted by Crippen LogP contribution is 2.54. The van der Waals surface area contributed by atoms with Gasteiger partial charge in [-0.25, -0.2) is 0 Å². The van der Waals surface area contributed by atoms with Crippen LogP contribution in [0.1, 0.15) is 78.8 Å². The van der Waals surface area contributed by atoms with Crippen molar-refractivity contribution in [1.29, 1.82) is 0 Å². The summed E-state index contributed by atoms with van der Waals surface area (Å²) in [4.78, 5) is 27.5. The van der Waals surface area contributed by atoms with Crippen molar-refractivity contribution in [3.63, 3.8) is 0 Å². The fraction of sp³-hybridized carbons (Fsp3) is 0.345. The highest BCUT2D eigenvalue weighted by molar-refractivity contribution is 5.98. The van der Waals surface area contributed by atoms with Gasteiger partial charge in [-0.2, -0.15) is 0 Å². The van der Waals surface area contributed by atoms with Crippen molar-refractivity contribution < 1.29 is 48.6 Å². The summed E-state index contributed by atoms with van der Waals surface area (Å²) in [5.41, 5.74) is 6.90. The van der Waals surface area contributed by atoms with Gasteiger partial charge in [-0.05, 0) is 161 Å². The molecule has 4 N–H and O–H groups in total. The zero-order valence-electron chi connectivity index (χ0n) is 39.9. The third-order valence-electron chi connectivity index (χ3n) is 13.8. The zero-order valence-corrected chi connectivity index (χ0v) is 39.9. The molecule has 6 aromatic rings. The van der Waals surface area contributed by atoms with Gasteiger partial charge in [-0.15, -0.1) is 0 Å². The third-order valence-corrected chi connectivity index (χ3v) is 13.8. The van der Waals surface area contributed by atoms with Gasteiger partial charge in [-0.1, -0.05) is 78.9 Å². The number of hydrogen-bond acceptors (Lipinski definition) is 11. The molecule has 0 bridgehead atoms. The van der Waals surface area contributed by atoms with Crippen LogP contribution in [-0.4, -0.2) is 73.4 Å². The molecule has 2 aliphatic carbocycles. The van der Waals surface area contributed by atoms with Gasteiger partial charge in [0.25, 0.3) is 0 Å². The van der Waals surface area contributed by atoms with E-state index in [-0.39, 0.29) is 41.9 Å². The summed E-state index contributed by atoms with van der Waals surface area (Å²) < 4.78 is 29.5. The van der Waals surface area contributed by atoms with Gasteiger partial charge in [0, 0.05) is 39.0 Å². The average Bonchev–Trinajstić information content (AvgIpc) is 3.33. The van der Waals surface area contributed by atoms with Crippen LogP contribution in [0, 0.1) is 11.3 Å². The first kappa shape index (κ1) is 48.6. The van der Waals surface area contributed by atoms with E-state index in [1.807, 2.05) is 85.8 Å². The van der Waals surface area contributed by atoms with Gasteiger partial charge >= 0.3 is 11.9 Å². The van der Waals surface area contributed by atoms with Gasteiger partial charge in [0.1, 0.15) is 18.0 Å². The van der Waals surface area contributed by atoms with E-state index in [0.717, 1.165) is 68.2 Å². The van der Waals surface area contributed by atoms with Crippen LogP contribution in [0.15, 0.2) is 121 Å². The fourth-order valence-electron chi connectivity index (χ4n) is 10.6. The minimum absolute atomic E-state index is 0.0140. The molecule has 5 atom stereocenters. The summed E-state index contributed by atoms with van der Waals surface area (Å²) in [7, 11) is 3.04. The van der Waals surface area contributed by atoms with Crippen molar-refractivity contribution in [3.8, 4) is 39.9 Å². The maximum atomic E-state index is 14.4. The number of nitrogens with one attached hydrogen (secondary N) is 1. The Morgan fingerprint density at radius 1 is 0.797 bits per heavy atom. The van der Waals surface area contributed by atoms with Crippen LogP contribution < -0.4 is 14.8 Å². The first-order valence-electron chi connectivity index (χ1n) is 23.9. The maximum absolute atomic E-state index is 14.4. The smallest absolute Gasteiger partial charge is 0.310 e. The second-order valence-electron chi connectivity index (χ2n) is 18.5. The number of hydrogen-bond donors (Lipinski definition) is 4. The van der Waals surface area contributed by atoms with E-state index >= 15 is 0 Å². The number of rotatable bonds is 17. The number of ether oxygens (including phenoxy) is 5. The van der Waals surface area contributed by atoms with E-state index in [0.29, 0.717) is 56.9 Å². The predicted molar refractivity (Wildman–Crippen MR) is 268 cm³/mol. The zero-order chi connectivity index (χ0) is 48.5. The fourth-order valence-corrected chi connectivity index (χ4v) is 10.6. The Morgan fingerprint density at radius 3 is 2.39 bits per heavy atom. The van der Waals surface area contributed by atoms with Crippen LogP contribution in [0.4, 0.5) is 0 Å². The lowest BCUT2D eigenvalue weighted by Crippen LogP contribution is -2.49. The maximum Gasteiger partial charge on any atom is 0.310 e. The Balaban J connectivity index is 1.13. The number of phenols is 3. The molecule has 8 rings (SSSR count). The summed E-state index contributed by atoms with van der Waals surface area (Å²) in [5.74, 6) is -0.453. The lowest BCUT2D eigenvalue weighted by Gasteiger charge is -2.50. The van der Waals surface area contributed by atoms with Crippen LogP contribution >= 0.6 is 0 Å². The number of phenolic OH excluding ortho intramolecular Hbond substituents is 3. The van der Waals surface area contributed by atoms with Gasteiger partial charge in [0.05, 0.1) is 20.6 Å². The number of methoxy groups -OCH3 is 2. The normalized spacial score (nSPS) is 20.1. The van der Waals surface area contributed by atoms with Crippen molar-refractivity contribution in [2.75, 3.05) is 34.0 Å². The van der Waals surface area contributed by atoms with Crippen LogP contribution in [0.2, 0.25) is 0 Å². The summed E-state index contributed by atoms with van der Waals surface area (Å²) in [5, 5.41) is 37.8. The first-order valence-corrected chi connectivity index (χ1v) is 23.9. The van der Waals surface area contributed by atoms with Crippen LogP contribution in [0.3, 0.4) is 0 Å². The second-order valence-corrected chi connectivity index (χ2v) is 18.5. The van der Waals surface area contributed by atoms with E-state index in [1.54, 1.807) is 24.3 Å². The summed E-state index contributed by atoms with van der Waals surface area (Å²) in [6.07, 6.45) is 6.17. The molecular formula is C58H63NO10. The van der Waals surface area contributed by atoms with Crippen LogP contribution in [0.5, 0.6) is 28.7 Å². The minimum Gasteiger partial charge on any atom is -0.508 e. The largest absolute Gasteiger partial charge is 0.508 e. The Bertz CT molecular complexity index is 2790. The molecule has 1 saturated carbocycles. The topological polar surface area (TPSA) is 153 Å². The number of fused-ring (bicyclic) bond motifs is 3. The molecule has 11 heteroatoms. The third kappa shape index (κ3) is 11.7. The Kier molecular flexibility index (Phi) is 15.6. The number of carbonyl (C=O) groups is 2. The molecule has 360 valence electrons. The highest BCUT2D eigenvalue weighted by Gasteiger charge is 2.50. The molecule has 6 aromatic carbocycles. The van der Waals surface area contributed by atoms with Gasteiger partial charge in [0.2, 0.25) is 0 Å². The van der Waals surface area contributed by atoms with E-state index < -0.39 is 29.6 Å². The molecule has 2 aliphatic rings. The molecule has 0 spiro atoms. The van der Waals surface area contributed by atoms with E-state index in [2.05, 4.69) is 29.6 Å². The summed E-state index contributed by atoms with van der Waals surface area (Å²) in [6, 6.07) is 36.6.